The summed E-state index contributed by atoms with van der Waals surface area (Å²) in [6.07, 6.45) is 4.91. The van der Waals surface area contributed by atoms with Gasteiger partial charge in [-0.15, -0.1) is 0 Å². The minimum Gasteiger partial charge on any atom is -0.377 e. The fourth-order valence-corrected chi connectivity index (χ4v) is 3.73. The Morgan fingerprint density at radius 2 is 2.00 bits per heavy atom. The summed E-state index contributed by atoms with van der Waals surface area (Å²) in [5, 5.41) is 4.28. The van der Waals surface area contributed by atoms with E-state index in [1.54, 1.807) is 11.8 Å². The second kappa shape index (κ2) is 11.1. The third-order valence-electron chi connectivity index (χ3n) is 4.86. The average Bonchev–Trinajstić information content (AvgIpc) is 2.64. The lowest BCUT2D eigenvalue weighted by atomic mass is 9.99. The maximum Gasteiger partial charge on any atom is 0.104 e. The van der Waals surface area contributed by atoms with Gasteiger partial charge in [-0.25, -0.2) is 0 Å². The first kappa shape index (κ1) is 22.3. The van der Waals surface area contributed by atoms with Gasteiger partial charge in [0, 0.05) is 16.8 Å². The molecule has 4 heteroatoms. The zero-order valence-corrected chi connectivity index (χ0v) is 18.2. The molecule has 1 aliphatic rings. The van der Waals surface area contributed by atoms with Gasteiger partial charge in [-0.05, 0) is 62.3 Å². The number of benzene rings is 1. The molecule has 0 aromatic heterocycles. The van der Waals surface area contributed by atoms with Crippen LogP contribution in [0.15, 0.2) is 75.8 Å². The molecule has 1 saturated heterocycles. The largest absolute Gasteiger partial charge is 0.377 e. The van der Waals surface area contributed by atoms with Crippen LogP contribution in [0.5, 0.6) is 0 Å². The van der Waals surface area contributed by atoms with Gasteiger partial charge in [0.05, 0.1) is 19.3 Å². The molecule has 3 nitrogen and oxygen atoms in total. The highest BCUT2D eigenvalue weighted by molar-refractivity contribution is 8.06. The standard InChI is InChI=1S/C24H32N2OS/c1-7-25-24(28-21(6)20(5)26-23-15-27-16-23)19(4)17(2)12-10-14-22-13-9-8-11-18(22)3/h7-9,11,13,23,26H,2,5-6,10,12,14-16H2,1,3-4H3/b24-19+,25-7?. The summed E-state index contributed by atoms with van der Waals surface area (Å²) in [5.74, 6) is 0. The summed E-state index contributed by atoms with van der Waals surface area (Å²) in [7, 11) is 0. The summed E-state index contributed by atoms with van der Waals surface area (Å²) < 4.78 is 5.20. The van der Waals surface area contributed by atoms with Crippen molar-refractivity contribution in [3.05, 3.63) is 81.9 Å². The predicted octanol–water partition coefficient (Wildman–Crippen LogP) is 5.95. The molecule has 28 heavy (non-hydrogen) atoms. The van der Waals surface area contributed by atoms with Crippen LogP contribution in [0.4, 0.5) is 0 Å². The number of aryl methyl sites for hydroxylation is 2. The van der Waals surface area contributed by atoms with Gasteiger partial charge in [0.15, 0.2) is 0 Å². The maximum absolute atomic E-state index is 5.20. The molecule has 0 radical (unpaired) electrons. The SMILES string of the molecule is C=C(NC1COC1)C(=C)S/C(N=CC)=C(\C)C(=C)CCCc1ccccc1C. The Morgan fingerprint density at radius 1 is 1.29 bits per heavy atom. The van der Waals surface area contributed by atoms with Crippen molar-refractivity contribution in [2.24, 2.45) is 4.99 Å². The predicted molar refractivity (Wildman–Crippen MR) is 124 cm³/mol. The van der Waals surface area contributed by atoms with Crippen molar-refractivity contribution >= 4 is 18.0 Å². The van der Waals surface area contributed by atoms with Crippen LogP contribution in [0.2, 0.25) is 0 Å². The molecule has 0 saturated carbocycles. The van der Waals surface area contributed by atoms with Crippen molar-refractivity contribution in [2.75, 3.05) is 13.2 Å². The quantitative estimate of drug-likeness (QED) is 0.371. The Kier molecular flexibility index (Phi) is 8.81. The van der Waals surface area contributed by atoms with E-state index in [1.165, 1.54) is 11.1 Å². The second-order valence-electron chi connectivity index (χ2n) is 7.08. The lowest BCUT2D eigenvalue weighted by Gasteiger charge is -2.29. The summed E-state index contributed by atoms with van der Waals surface area (Å²) in [4.78, 5) is 5.44. The third kappa shape index (κ3) is 6.54. The van der Waals surface area contributed by atoms with Gasteiger partial charge in [-0.1, -0.05) is 55.8 Å². The summed E-state index contributed by atoms with van der Waals surface area (Å²) >= 11 is 1.55. The van der Waals surface area contributed by atoms with Crippen LogP contribution in [0.3, 0.4) is 0 Å². The van der Waals surface area contributed by atoms with Crippen LogP contribution >= 0.6 is 11.8 Å². The highest BCUT2D eigenvalue weighted by atomic mass is 32.2. The Balaban J connectivity index is 1.94. The highest BCUT2D eigenvalue weighted by Gasteiger charge is 2.19. The molecule has 1 fully saturated rings. The molecule has 1 heterocycles. The first-order valence-electron chi connectivity index (χ1n) is 9.75. The zero-order valence-electron chi connectivity index (χ0n) is 17.4. The molecule has 1 N–H and O–H groups in total. The van der Waals surface area contributed by atoms with Crippen LogP contribution in [-0.2, 0) is 11.2 Å². The molecular formula is C24H32N2OS. The number of nitrogens with one attached hydrogen (secondary N) is 1. The fraction of sp³-hybridized carbons (Fsp3) is 0.375. The van der Waals surface area contributed by atoms with E-state index in [1.807, 2.05) is 13.1 Å². The first-order chi connectivity index (χ1) is 13.4. The molecule has 1 aliphatic heterocycles. The number of aliphatic imine (C=N–C) groups is 1. The smallest absolute Gasteiger partial charge is 0.104 e. The van der Waals surface area contributed by atoms with Crippen molar-refractivity contribution in [1.29, 1.82) is 0 Å². The summed E-state index contributed by atoms with van der Waals surface area (Å²) in [6.45, 7) is 20.2. The number of nitrogens with zero attached hydrogens (tertiary/aromatic N) is 1. The topological polar surface area (TPSA) is 33.6 Å². The van der Waals surface area contributed by atoms with Gasteiger partial charge in [-0.2, -0.15) is 0 Å². The molecule has 1 aromatic carbocycles. The molecule has 0 bridgehead atoms. The van der Waals surface area contributed by atoms with E-state index in [4.69, 9.17) is 4.74 Å². The van der Waals surface area contributed by atoms with Gasteiger partial charge in [0.25, 0.3) is 0 Å². The van der Waals surface area contributed by atoms with E-state index < -0.39 is 0 Å². The Labute approximate surface area is 174 Å². The van der Waals surface area contributed by atoms with E-state index in [9.17, 15) is 0 Å². The van der Waals surface area contributed by atoms with Crippen molar-refractivity contribution in [2.45, 2.75) is 46.1 Å². The van der Waals surface area contributed by atoms with Crippen molar-refractivity contribution < 1.29 is 4.74 Å². The van der Waals surface area contributed by atoms with E-state index >= 15 is 0 Å². The van der Waals surface area contributed by atoms with Crippen molar-refractivity contribution in [3.8, 4) is 0 Å². The lowest BCUT2D eigenvalue weighted by molar-refractivity contribution is -0.000291. The minimum absolute atomic E-state index is 0.337. The summed E-state index contributed by atoms with van der Waals surface area (Å²) in [5.41, 5.74) is 5.84. The normalized spacial score (nSPS) is 15.1. The first-order valence-corrected chi connectivity index (χ1v) is 10.6. The van der Waals surface area contributed by atoms with E-state index in [2.05, 4.69) is 68.2 Å². The molecular weight excluding hydrogens is 364 g/mol. The van der Waals surface area contributed by atoms with Crippen LogP contribution in [0.25, 0.3) is 0 Å². The molecule has 150 valence electrons. The molecule has 0 spiro atoms. The van der Waals surface area contributed by atoms with Crippen molar-refractivity contribution in [1.82, 2.24) is 5.32 Å². The van der Waals surface area contributed by atoms with Crippen LogP contribution < -0.4 is 5.32 Å². The number of rotatable bonds is 11. The van der Waals surface area contributed by atoms with Gasteiger partial charge < -0.3 is 10.1 Å². The Morgan fingerprint density at radius 3 is 2.61 bits per heavy atom. The maximum atomic E-state index is 5.20. The van der Waals surface area contributed by atoms with Gasteiger partial charge in [0.1, 0.15) is 5.03 Å². The van der Waals surface area contributed by atoms with E-state index in [0.29, 0.717) is 6.04 Å². The molecule has 0 aliphatic carbocycles. The van der Waals surface area contributed by atoms with Crippen LogP contribution in [0.1, 0.15) is 37.8 Å². The zero-order chi connectivity index (χ0) is 20.5. The number of hydrogen-bond donors (Lipinski definition) is 1. The van der Waals surface area contributed by atoms with Crippen molar-refractivity contribution in [3.63, 3.8) is 0 Å². The van der Waals surface area contributed by atoms with Crippen LogP contribution in [-0.4, -0.2) is 25.5 Å². The van der Waals surface area contributed by atoms with Gasteiger partial charge in [-0.3, -0.25) is 4.99 Å². The van der Waals surface area contributed by atoms with Crippen LogP contribution in [0, 0.1) is 6.92 Å². The van der Waals surface area contributed by atoms with E-state index in [0.717, 1.165) is 59.3 Å². The number of allylic oxidation sites excluding steroid dienone is 2. The molecule has 0 unspecified atom stereocenters. The Bertz CT molecular complexity index is 788. The number of ether oxygens (including phenoxy) is 1. The van der Waals surface area contributed by atoms with Gasteiger partial charge in [0.2, 0.25) is 0 Å². The monoisotopic (exact) mass is 396 g/mol. The second-order valence-corrected chi connectivity index (χ2v) is 8.17. The van der Waals surface area contributed by atoms with E-state index in [-0.39, 0.29) is 0 Å². The fourth-order valence-electron chi connectivity index (χ4n) is 2.86. The number of thioether (sulfide) groups is 1. The number of hydrogen-bond acceptors (Lipinski definition) is 4. The highest BCUT2D eigenvalue weighted by Crippen LogP contribution is 2.34. The Hall–Kier alpha value is -2.04. The third-order valence-corrected chi connectivity index (χ3v) is 5.95. The molecule has 2 rings (SSSR count). The minimum atomic E-state index is 0.337. The molecule has 0 amide bonds. The average molecular weight is 397 g/mol. The van der Waals surface area contributed by atoms with Gasteiger partial charge >= 0.3 is 0 Å². The lowest BCUT2D eigenvalue weighted by Crippen LogP contribution is -2.45. The molecule has 0 atom stereocenters. The summed E-state index contributed by atoms with van der Waals surface area (Å²) in [6, 6.07) is 8.91. The molecule has 1 aromatic rings.